The maximum atomic E-state index is 13.2. The van der Waals surface area contributed by atoms with Gasteiger partial charge >= 0.3 is 0 Å². The second-order valence-electron chi connectivity index (χ2n) is 6.61. The van der Waals surface area contributed by atoms with Crippen LogP contribution in [0.4, 0.5) is 0 Å². The molecule has 2 aromatic carbocycles. The number of methoxy groups -OCH3 is 2. The van der Waals surface area contributed by atoms with Crippen molar-refractivity contribution in [3.8, 4) is 11.5 Å². The van der Waals surface area contributed by atoms with E-state index in [2.05, 4.69) is 20.8 Å². The predicted octanol–water partition coefficient (Wildman–Crippen LogP) is 2.08. The Morgan fingerprint density at radius 1 is 1.18 bits per heavy atom. The van der Waals surface area contributed by atoms with Gasteiger partial charge in [-0.3, -0.25) is 4.79 Å². The normalized spacial score (nSPS) is 16.3. The second kappa shape index (κ2) is 7.67. The van der Waals surface area contributed by atoms with Crippen molar-refractivity contribution in [1.29, 1.82) is 0 Å². The number of ether oxygens (including phenoxy) is 2. The molecule has 1 aliphatic carbocycles. The minimum Gasteiger partial charge on any atom is -0.493 e. The van der Waals surface area contributed by atoms with Gasteiger partial charge in [0.15, 0.2) is 17.5 Å². The summed E-state index contributed by atoms with van der Waals surface area (Å²) in [5.74, 6) is 1.19. The van der Waals surface area contributed by atoms with Crippen LogP contribution in [-0.2, 0) is 11.2 Å². The van der Waals surface area contributed by atoms with Crippen LogP contribution in [0.2, 0.25) is 0 Å². The first kappa shape index (κ1) is 18.0. The number of hydrogen-bond acceptors (Lipinski definition) is 6. The van der Waals surface area contributed by atoms with Crippen molar-refractivity contribution in [2.75, 3.05) is 14.2 Å². The van der Waals surface area contributed by atoms with E-state index in [1.807, 2.05) is 42.5 Å². The third-order valence-electron chi connectivity index (χ3n) is 5.03. The molecule has 1 unspecified atom stereocenters. The standard InChI is InChI=1S/C20H21N5O3/c1-27-17-10-14-8-9-16(15(14)11-18(17)28-2)22-20(26)19(25-12-21-23-24-25)13-6-4-3-5-7-13/h3-7,10-12,16,19H,8-9H2,1-2H3,(H,22,26)/t16?,19-/m0/s1. The van der Waals surface area contributed by atoms with Crippen LogP contribution in [0.25, 0.3) is 0 Å². The Balaban J connectivity index is 1.62. The average Bonchev–Trinajstić information content (AvgIpc) is 3.38. The number of carbonyl (C=O) groups excluding carboxylic acids is 1. The van der Waals surface area contributed by atoms with Gasteiger partial charge in [-0.1, -0.05) is 30.3 Å². The summed E-state index contributed by atoms with van der Waals surface area (Å²) >= 11 is 0. The number of aryl methyl sites for hydroxylation is 1. The van der Waals surface area contributed by atoms with Crippen LogP contribution in [-0.4, -0.2) is 40.3 Å². The van der Waals surface area contributed by atoms with E-state index >= 15 is 0 Å². The molecule has 0 spiro atoms. The summed E-state index contributed by atoms with van der Waals surface area (Å²) in [5.41, 5.74) is 3.02. The summed E-state index contributed by atoms with van der Waals surface area (Å²) in [6.45, 7) is 0. The fourth-order valence-electron chi connectivity index (χ4n) is 3.68. The monoisotopic (exact) mass is 379 g/mol. The number of rotatable bonds is 6. The van der Waals surface area contributed by atoms with Crippen LogP contribution in [0.1, 0.15) is 35.2 Å². The van der Waals surface area contributed by atoms with Gasteiger partial charge in [-0.15, -0.1) is 5.10 Å². The Labute approximate surface area is 162 Å². The lowest BCUT2D eigenvalue weighted by Gasteiger charge is -2.21. The lowest BCUT2D eigenvalue weighted by atomic mass is 10.0. The first-order valence-electron chi connectivity index (χ1n) is 9.04. The van der Waals surface area contributed by atoms with Gasteiger partial charge in [0.05, 0.1) is 20.3 Å². The Bertz CT molecular complexity index is 959. The van der Waals surface area contributed by atoms with E-state index in [4.69, 9.17) is 9.47 Å². The molecule has 28 heavy (non-hydrogen) atoms. The Morgan fingerprint density at radius 3 is 2.61 bits per heavy atom. The summed E-state index contributed by atoms with van der Waals surface area (Å²) in [7, 11) is 3.23. The molecular weight excluding hydrogens is 358 g/mol. The number of aromatic nitrogens is 4. The zero-order chi connectivity index (χ0) is 19.5. The van der Waals surface area contributed by atoms with Gasteiger partial charge in [-0.05, 0) is 52.1 Å². The van der Waals surface area contributed by atoms with Crippen molar-refractivity contribution in [2.24, 2.45) is 0 Å². The summed E-state index contributed by atoms with van der Waals surface area (Å²) in [5, 5.41) is 14.5. The third-order valence-corrected chi connectivity index (χ3v) is 5.03. The SMILES string of the molecule is COc1cc2c(cc1OC)C(NC(=O)[C@H](c1ccccc1)n1cnnn1)CC2. The van der Waals surface area contributed by atoms with Crippen molar-refractivity contribution < 1.29 is 14.3 Å². The summed E-state index contributed by atoms with van der Waals surface area (Å²) < 4.78 is 12.3. The van der Waals surface area contributed by atoms with E-state index in [1.165, 1.54) is 11.0 Å². The topological polar surface area (TPSA) is 91.2 Å². The van der Waals surface area contributed by atoms with Gasteiger partial charge in [0, 0.05) is 0 Å². The van der Waals surface area contributed by atoms with Crippen molar-refractivity contribution in [1.82, 2.24) is 25.5 Å². The minimum absolute atomic E-state index is 0.106. The molecule has 1 aliphatic rings. The lowest BCUT2D eigenvalue weighted by molar-refractivity contribution is -0.124. The fraction of sp³-hybridized carbons (Fsp3) is 0.300. The average molecular weight is 379 g/mol. The van der Waals surface area contributed by atoms with Gasteiger partial charge in [-0.25, -0.2) is 4.68 Å². The molecule has 1 amide bonds. The first-order chi connectivity index (χ1) is 13.7. The fourth-order valence-corrected chi connectivity index (χ4v) is 3.68. The first-order valence-corrected chi connectivity index (χ1v) is 9.04. The van der Waals surface area contributed by atoms with Gasteiger partial charge in [0.1, 0.15) is 6.33 Å². The molecule has 4 rings (SSSR count). The Kier molecular flexibility index (Phi) is 4.92. The van der Waals surface area contributed by atoms with Crippen LogP contribution in [0, 0.1) is 0 Å². The molecule has 0 bridgehead atoms. The number of fused-ring (bicyclic) bond motifs is 1. The smallest absolute Gasteiger partial charge is 0.250 e. The number of benzene rings is 2. The van der Waals surface area contributed by atoms with E-state index in [0.29, 0.717) is 11.5 Å². The summed E-state index contributed by atoms with van der Waals surface area (Å²) in [4.78, 5) is 13.2. The van der Waals surface area contributed by atoms with Crippen LogP contribution >= 0.6 is 0 Å². The molecule has 2 atom stereocenters. The van der Waals surface area contributed by atoms with Crippen molar-refractivity contribution in [2.45, 2.75) is 24.9 Å². The van der Waals surface area contributed by atoms with E-state index in [0.717, 1.165) is 29.5 Å². The maximum absolute atomic E-state index is 13.2. The summed E-state index contributed by atoms with van der Waals surface area (Å²) in [6, 6.07) is 12.7. The Morgan fingerprint density at radius 2 is 1.93 bits per heavy atom. The third kappa shape index (κ3) is 3.28. The highest BCUT2D eigenvalue weighted by Gasteiger charge is 2.30. The molecule has 144 valence electrons. The number of nitrogens with zero attached hydrogens (tertiary/aromatic N) is 4. The minimum atomic E-state index is -0.639. The molecule has 1 heterocycles. The highest BCUT2D eigenvalue weighted by Crippen LogP contribution is 2.39. The highest BCUT2D eigenvalue weighted by atomic mass is 16.5. The van der Waals surface area contributed by atoms with E-state index in [-0.39, 0.29) is 11.9 Å². The molecule has 0 saturated carbocycles. The van der Waals surface area contributed by atoms with E-state index in [1.54, 1.807) is 14.2 Å². The number of carbonyl (C=O) groups is 1. The van der Waals surface area contributed by atoms with Crippen LogP contribution in [0.15, 0.2) is 48.8 Å². The van der Waals surface area contributed by atoms with Gasteiger partial charge in [0.2, 0.25) is 5.91 Å². The maximum Gasteiger partial charge on any atom is 0.250 e. The van der Waals surface area contributed by atoms with E-state index < -0.39 is 6.04 Å². The zero-order valence-corrected chi connectivity index (χ0v) is 15.7. The summed E-state index contributed by atoms with van der Waals surface area (Å²) in [6.07, 6.45) is 3.13. The van der Waals surface area contributed by atoms with Crippen molar-refractivity contribution in [3.63, 3.8) is 0 Å². The van der Waals surface area contributed by atoms with Crippen LogP contribution in [0.5, 0.6) is 11.5 Å². The van der Waals surface area contributed by atoms with Gasteiger partial charge in [-0.2, -0.15) is 0 Å². The van der Waals surface area contributed by atoms with Crippen molar-refractivity contribution >= 4 is 5.91 Å². The number of amides is 1. The largest absolute Gasteiger partial charge is 0.493 e. The molecule has 0 saturated heterocycles. The van der Waals surface area contributed by atoms with Gasteiger partial charge in [0.25, 0.3) is 0 Å². The van der Waals surface area contributed by atoms with Crippen LogP contribution in [0.3, 0.4) is 0 Å². The number of hydrogen-bond donors (Lipinski definition) is 1. The quantitative estimate of drug-likeness (QED) is 0.705. The van der Waals surface area contributed by atoms with Crippen molar-refractivity contribution in [3.05, 3.63) is 65.5 Å². The number of tetrazole rings is 1. The molecule has 8 nitrogen and oxygen atoms in total. The van der Waals surface area contributed by atoms with Gasteiger partial charge < -0.3 is 14.8 Å². The zero-order valence-electron chi connectivity index (χ0n) is 15.7. The van der Waals surface area contributed by atoms with Crippen LogP contribution < -0.4 is 14.8 Å². The van der Waals surface area contributed by atoms with E-state index in [9.17, 15) is 4.79 Å². The molecule has 8 heteroatoms. The second-order valence-corrected chi connectivity index (χ2v) is 6.61. The highest BCUT2D eigenvalue weighted by molar-refractivity contribution is 5.84. The molecule has 1 aromatic heterocycles. The molecule has 0 radical (unpaired) electrons. The molecule has 3 aromatic rings. The number of nitrogens with one attached hydrogen (secondary N) is 1. The predicted molar refractivity (Wildman–Crippen MR) is 101 cm³/mol. The molecule has 0 fully saturated rings. The Hall–Kier alpha value is -3.42. The molecule has 1 N–H and O–H groups in total. The molecule has 0 aliphatic heterocycles. The lowest BCUT2D eigenvalue weighted by Crippen LogP contribution is -2.35. The molecular formula is C20H21N5O3.